The van der Waals surface area contributed by atoms with Crippen LogP contribution in [0, 0.1) is 6.92 Å². The van der Waals surface area contributed by atoms with Gasteiger partial charge < -0.3 is 15.1 Å². The summed E-state index contributed by atoms with van der Waals surface area (Å²) in [6.45, 7) is 6.28. The highest BCUT2D eigenvalue weighted by Crippen LogP contribution is 2.26. The maximum atomic E-state index is 12.1. The molecule has 0 unspecified atom stereocenters. The van der Waals surface area contributed by atoms with Gasteiger partial charge in [-0.05, 0) is 56.6 Å². The van der Waals surface area contributed by atoms with Crippen LogP contribution in [0.2, 0.25) is 0 Å². The van der Waals surface area contributed by atoms with Crippen molar-refractivity contribution in [1.82, 2.24) is 9.88 Å². The van der Waals surface area contributed by atoms with Crippen LogP contribution in [0.25, 0.3) is 10.9 Å². The molecular weight excluding hydrogens is 404 g/mol. The third-order valence-corrected chi connectivity index (χ3v) is 5.71. The van der Waals surface area contributed by atoms with Gasteiger partial charge in [0.1, 0.15) is 5.82 Å². The Morgan fingerprint density at radius 3 is 2.67 bits per heavy atom. The van der Waals surface area contributed by atoms with E-state index in [-0.39, 0.29) is 5.91 Å². The second-order valence-corrected chi connectivity index (χ2v) is 8.16. The molecule has 2 heterocycles. The van der Waals surface area contributed by atoms with E-state index in [4.69, 9.17) is 4.98 Å². The number of fused-ring (bicyclic) bond motifs is 1. The molecule has 1 saturated heterocycles. The molecule has 0 atom stereocenters. The molecule has 3 rings (SSSR count). The predicted molar refractivity (Wildman–Crippen MR) is 117 cm³/mol. The van der Waals surface area contributed by atoms with Crippen LogP contribution in [-0.2, 0) is 4.79 Å². The lowest BCUT2D eigenvalue weighted by Gasteiger charge is -2.33. The van der Waals surface area contributed by atoms with E-state index in [0.717, 1.165) is 73.2 Å². The second-order valence-electron chi connectivity index (χ2n) is 7.37. The standard InChI is InChI=1S/C21H29BrN4O/c1-16-14-20(26-12-10-25(2)11-13-26)24-19-8-7-17(15-18(16)19)23-21(27)6-4-3-5-9-22/h7-8,14-15H,3-6,9-13H2,1-2H3,(H,23,27). The summed E-state index contributed by atoms with van der Waals surface area (Å²) < 4.78 is 0. The van der Waals surface area contributed by atoms with Gasteiger partial charge in [-0.3, -0.25) is 4.79 Å². The van der Waals surface area contributed by atoms with Crippen molar-refractivity contribution in [2.75, 3.05) is 48.8 Å². The van der Waals surface area contributed by atoms with Gasteiger partial charge in [0.15, 0.2) is 0 Å². The highest BCUT2D eigenvalue weighted by molar-refractivity contribution is 9.09. The molecule has 0 radical (unpaired) electrons. The molecule has 1 fully saturated rings. The Morgan fingerprint density at radius 1 is 1.15 bits per heavy atom. The highest BCUT2D eigenvalue weighted by atomic mass is 79.9. The summed E-state index contributed by atoms with van der Waals surface area (Å²) in [4.78, 5) is 21.7. The Morgan fingerprint density at radius 2 is 1.93 bits per heavy atom. The summed E-state index contributed by atoms with van der Waals surface area (Å²) in [5.74, 6) is 1.14. The molecule has 27 heavy (non-hydrogen) atoms. The zero-order valence-electron chi connectivity index (χ0n) is 16.3. The van der Waals surface area contributed by atoms with Gasteiger partial charge in [0, 0.05) is 49.0 Å². The molecule has 2 aromatic rings. The number of amides is 1. The number of aryl methyl sites for hydroxylation is 1. The molecule has 1 aliphatic rings. The average Bonchev–Trinajstić information content (AvgIpc) is 2.66. The third kappa shape index (κ3) is 5.42. The van der Waals surface area contributed by atoms with Gasteiger partial charge in [0.2, 0.25) is 5.91 Å². The Kier molecular flexibility index (Phi) is 7.07. The van der Waals surface area contributed by atoms with Crippen molar-refractivity contribution >= 4 is 44.2 Å². The monoisotopic (exact) mass is 432 g/mol. The van der Waals surface area contributed by atoms with Crippen LogP contribution in [0.5, 0.6) is 0 Å². The molecular formula is C21H29BrN4O. The summed E-state index contributed by atoms with van der Waals surface area (Å²) in [5, 5.41) is 5.13. The molecule has 1 amide bonds. The van der Waals surface area contributed by atoms with Crippen molar-refractivity contribution in [3.8, 4) is 0 Å². The quantitative estimate of drug-likeness (QED) is 0.526. The maximum absolute atomic E-state index is 12.1. The van der Waals surface area contributed by atoms with Gasteiger partial charge in [-0.2, -0.15) is 0 Å². The summed E-state index contributed by atoms with van der Waals surface area (Å²) >= 11 is 3.42. The number of nitrogens with one attached hydrogen (secondary N) is 1. The SMILES string of the molecule is Cc1cc(N2CCN(C)CC2)nc2ccc(NC(=O)CCCCCBr)cc12. The van der Waals surface area contributed by atoms with E-state index in [1.807, 2.05) is 18.2 Å². The van der Waals surface area contributed by atoms with Crippen molar-refractivity contribution < 1.29 is 4.79 Å². The number of carbonyl (C=O) groups is 1. The Bertz CT molecular complexity index is 787. The third-order valence-electron chi connectivity index (χ3n) is 5.15. The van der Waals surface area contributed by atoms with E-state index in [2.05, 4.69) is 51.1 Å². The normalized spacial score (nSPS) is 15.3. The van der Waals surface area contributed by atoms with Gasteiger partial charge in [0.05, 0.1) is 5.52 Å². The van der Waals surface area contributed by atoms with Crippen LogP contribution < -0.4 is 10.2 Å². The van der Waals surface area contributed by atoms with E-state index < -0.39 is 0 Å². The molecule has 0 aliphatic carbocycles. The minimum absolute atomic E-state index is 0.0867. The predicted octanol–water partition coefficient (Wildman–Crippen LogP) is 4.19. The Hall–Kier alpha value is -1.66. The van der Waals surface area contributed by atoms with Gasteiger partial charge >= 0.3 is 0 Å². The first-order valence-electron chi connectivity index (χ1n) is 9.77. The average molecular weight is 433 g/mol. The van der Waals surface area contributed by atoms with Crippen molar-refractivity contribution in [2.24, 2.45) is 0 Å². The summed E-state index contributed by atoms with van der Waals surface area (Å²) in [7, 11) is 2.16. The number of rotatable bonds is 7. The Labute approximate surface area is 170 Å². The van der Waals surface area contributed by atoms with E-state index in [0.29, 0.717) is 6.42 Å². The molecule has 0 saturated carbocycles. The second kappa shape index (κ2) is 9.51. The molecule has 1 N–H and O–H groups in total. The summed E-state index contributed by atoms with van der Waals surface area (Å²) in [6, 6.07) is 8.18. The zero-order chi connectivity index (χ0) is 19.2. The zero-order valence-corrected chi connectivity index (χ0v) is 17.9. The van der Waals surface area contributed by atoms with Crippen LogP contribution in [-0.4, -0.2) is 54.3 Å². The molecule has 0 bridgehead atoms. The van der Waals surface area contributed by atoms with E-state index in [1.54, 1.807) is 0 Å². The summed E-state index contributed by atoms with van der Waals surface area (Å²) in [5.41, 5.74) is 3.03. The van der Waals surface area contributed by atoms with Crippen molar-refractivity contribution in [3.05, 3.63) is 29.8 Å². The van der Waals surface area contributed by atoms with Crippen LogP contribution >= 0.6 is 15.9 Å². The number of hydrogen-bond donors (Lipinski definition) is 1. The number of halogens is 1. The molecule has 5 nitrogen and oxygen atoms in total. The van der Waals surface area contributed by atoms with Crippen molar-refractivity contribution in [2.45, 2.75) is 32.6 Å². The number of benzene rings is 1. The van der Waals surface area contributed by atoms with Gasteiger partial charge in [-0.25, -0.2) is 4.98 Å². The Balaban J connectivity index is 1.69. The molecule has 1 aliphatic heterocycles. The molecule has 1 aromatic heterocycles. The van der Waals surface area contributed by atoms with Crippen LogP contribution in [0.1, 0.15) is 31.2 Å². The van der Waals surface area contributed by atoms with Crippen molar-refractivity contribution in [3.63, 3.8) is 0 Å². The minimum atomic E-state index is 0.0867. The highest BCUT2D eigenvalue weighted by Gasteiger charge is 2.16. The van der Waals surface area contributed by atoms with Gasteiger partial charge in [-0.1, -0.05) is 22.4 Å². The van der Waals surface area contributed by atoms with Crippen LogP contribution in [0.15, 0.2) is 24.3 Å². The number of likely N-dealkylation sites (N-methyl/N-ethyl adjacent to an activating group) is 1. The largest absolute Gasteiger partial charge is 0.354 e. The fourth-order valence-electron chi connectivity index (χ4n) is 3.43. The van der Waals surface area contributed by atoms with Crippen molar-refractivity contribution in [1.29, 1.82) is 0 Å². The van der Waals surface area contributed by atoms with Crippen LogP contribution in [0.4, 0.5) is 11.5 Å². The molecule has 0 spiro atoms. The maximum Gasteiger partial charge on any atom is 0.224 e. The van der Waals surface area contributed by atoms with E-state index in [1.165, 1.54) is 5.56 Å². The lowest BCUT2D eigenvalue weighted by molar-refractivity contribution is -0.116. The number of piperazine rings is 1. The molecule has 1 aromatic carbocycles. The first-order chi connectivity index (χ1) is 13.1. The van der Waals surface area contributed by atoms with E-state index >= 15 is 0 Å². The fourth-order valence-corrected chi connectivity index (χ4v) is 3.83. The summed E-state index contributed by atoms with van der Waals surface area (Å²) in [6.07, 6.45) is 3.70. The number of nitrogens with zero attached hydrogens (tertiary/aromatic N) is 3. The number of hydrogen-bond acceptors (Lipinski definition) is 4. The number of unbranched alkanes of at least 4 members (excludes halogenated alkanes) is 2. The van der Waals surface area contributed by atoms with Crippen LogP contribution in [0.3, 0.4) is 0 Å². The first-order valence-corrected chi connectivity index (χ1v) is 10.9. The number of aromatic nitrogens is 1. The first kappa shape index (κ1) is 20.1. The number of anilines is 2. The number of carbonyl (C=O) groups excluding carboxylic acids is 1. The molecule has 146 valence electrons. The van der Waals surface area contributed by atoms with Gasteiger partial charge in [-0.15, -0.1) is 0 Å². The fraction of sp³-hybridized carbons (Fsp3) is 0.524. The molecule has 6 heteroatoms. The van der Waals surface area contributed by atoms with Gasteiger partial charge in [0.25, 0.3) is 0 Å². The smallest absolute Gasteiger partial charge is 0.224 e. The number of pyridine rings is 1. The lowest BCUT2D eigenvalue weighted by atomic mass is 10.1. The topological polar surface area (TPSA) is 48.5 Å². The number of alkyl halides is 1. The van der Waals surface area contributed by atoms with E-state index in [9.17, 15) is 4.79 Å². The minimum Gasteiger partial charge on any atom is -0.354 e. The lowest BCUT2D eigenvalue weighted by Crippen LogP contribution is -2.44.